The van der Waals surface area contributed by atoms with Crippen LogP contribution in [0, 0.1) is 6.92 Å². The molecule has 0 bridgehead atoms. The summed E-state index contributed by atoms with van der Waals surface area (Å²) in [6.07, 6.45) is 5.83. The van der Waals surface area contributed by atoms with Crippen LogP contribution in [0.2, 0.25) is 0 Å². The van der Waals surface area contributed by atoms with Gasteiger partial charge in [-0.1, -0.05) is 67.1 Å². The molecular weight excluding hydrogens is 422 g/mol. The third kappa shape index (κ3) is 6.20. The topological polar surface area (TPSA) is 60.9 Å². The molecule has 2 aromatic carbocycles. The molecule has 32 heavy (non-hydrogen) atoms. The van der Waals surface area contributed by atoms with E-state index in [-0.39, 0.29) is 5.91 Å². The van der Waals surface area contributed by atoms with Gasteiger partial charge in [-0.2, -0.15) is 0 Å². The zero-order valence-electron chi connectivity index (χ0n) is 19.1. The average molecular weight is 456 g/mol. The molecule has 172 valence electrons. The Bertz CT molecular complexity index is 1010. The predicted octanol–water partition coefficient (Wildman–Crippen LogP) is 3.40. The lowest BCUT2D eigenvalue weighted by Gasteiger charge is -2.38. The van der Waals surface area contributed by atoms with Crippen molar-refractivity contribution in [1.29, 1.82) is 0 Å². The lowest BCUT2D eigenvalue weighted by molar-refractivity contribution is -0.134. The van der Waals surface area contributed by atoms with Gasteiger partial charge in [0.15, 0.2) is 0 Å². The first-order valence-electron chi connectivity index (χ1n) is 11.1. The number of carbonyl (C=O) groups excluding carboxylic acids is 1. The van der Waals surface area contributed by atoms with E-state index >= 15 is 0 Å². The van der Waals surface area contributed by atoms with Crippen LogP contribution in [0.1, 0.15) is 24.5 Å². The number of anilines is 1. The zero-order chi connectivity index (χ0) is 23.1. The summed E-state index contributed by atoms with van der Waals surface area (Å²) in [5, 5.41) is 0. The van der Waals surface area contributed by atoms with Crippen molar-refractivity contribution in [1.82, 2.24) is 9.80 Å². The van der Waals surface area contributed by atoms with E-state index in [1.165, 1.54) is 16.1 Å². The Balaban J connectivity index is 1.64. The summed E-state index contributed by atoms with van der Waals surface area (Å²) in [5.74, 6) is -0.127. The van der Waals surface area contributed by atoms with E-state index in [2.05, 4.69) is 29.2 Å². The van der Waals surface area contributed by atoms with Crippen molar-refractivity contribution in [2.45, 2.75) is 26.3 Å². The van der Waals surface area contributed by atoms with Crippen molar-refractivity contribution >= 4 is 27.7 Å². The SMILES string of the molecule is CCC(C(=O)N1CCN(C/C=C/c2ccccc2)CC1)N(c1ccc(C)cc1)S(C)(=O)=O. The van der Waals surface area contributed by atoms with Gasteiger partial charge in [0.25, 0.3) is 0 Å². The van der Waals surface area contributed by atoms with Gasteiger partial charge in [0.05, 0.1) is 11.9 Å². The molecule has 7 heteroatoms. The molecule has 1 amide bonds. The fourth-order valence-corrected chi connectivity index (χ4v) is 5.20. The minimum Gasteiger partial charge on any atom is -0.338 e. The van der Waals surface area contributed by atoms with Gasteiger partial charge in [-0.25, -0.2) is 8.42 Å². The smallest absolute Gasteiger partial charge is 0.246 e. The van der Waals surface area contributed by atoms with Crippen molar-refractivity contribution < 1.29 is 13.2 Å². The molecule has 0 aliphatic carbocycles. The third-order valence-electron chi connectivity index (χ3n) is 5.76. The fraction of sp³-hybridized carbons (Fsp3) is 0.400. The maximum Gasteiger partial charge on any atom is 0.246 e. The van der Waals surface area contributed by atoms with Gasteiger partial charge in [-0.3, -0.25) is 14.0 Å². The number of nitrogens with zero attached hydrogens (tertiary/aromatic N) is 3. The predicted molar refractivity (Wildman–Crippen MR) is 131 cm³/mol. The number of benzene rings is 2. The van der Waals surface area contributed by atoms with Gasteiger partial charge in [0, 0.05) is 32.7 Å². The molecule has 0 N–H and O–H groups in total. The molecule has 1 saturated heterocycles. The number of carbonyl (C=O) groups is 1. The maximum atomic E-state index is 13.4. The Morgan fingerprint density at radius 1 is 1.03 bits per heavy atom. The Morgan fingerprint density at radius 2 is 1.66 bits per heavy atom. The number of sulfonamides is 1. The van der Waals surface area contributed by atoms with Crippen molar-refractivity contribution in [3.63, 3.8) is 0 Å². The highest BCUT2D eigenvalue weighted by Gasteiger charge is 2.35. The lowest BCUT2D eigenvalue weighted by Crippen LogP contribution is -2.55. The van der Waals surface area contributed by atoms with E-state index in [4.69, 9.17) is 0 Å². The Labute approximate surface area is 192 Å². The van der Waals surface area contributed by atoms with Crippen LogP contribution in [0.3, 0.4) is 0 Å². The molecule has 0 radical (unpaired) electrons. The van der Waals surface area contributed by atoms with Crippen LogP contribution in [-0.4, -0.2) is 69.1 Å². The molecule has 1 aliphatic heterocycles. The molecule has 1 fully saturated rings. The summed E-state index contributed by atoms with van der Waals surface area (Å²) in [7, 11) is -3.61. The fourth-order valence-electron chi connectivity index (χ4n) is 4.00. The number of amides is 1. The van der Waals surface area contributed by atoms with Gasteiger partial charge in [0.1, 0.15) is 6.04 Å². The Morgan fingerprint density at radius 3 is 2.22 bits per heavy atom. The number of hydrogen-bond acceptors (Lipinski definition) is 4. The van der Waals surface area contributed by atoms with Crippen LogP contribution in [0.15, 0.2) is 60.7 Å². The zero-order valence-corrected chi connectivity index (χ0v) is 20.0. The summed E-state index contributed by atoms with van der Waals surface area (Å²) in [6.45, 7) is 7.37. The van der Waals surface area contributed by atoms with E-state index in [1.54, 1.807) is 17.0 Å². The van der Waals surface area contributed by atoms with Gasteiger partial charge in [-0.05, 0) is 31.0 Å². The quantitative estimate of drug-likeness (QED) is 0.612. The van der Waals surface area contributed by atoms with E-state index in [0.29, 0.717) is 25.2 Å². The maximum absolute atomic E-state index is 13.4. The lowest BCUT2D eigenvalue weighted by atomic mass is 10.1. The largest absolute Gasteiger partial charge is 0.338 e. The molecule has 0 saturated carbocycles. The second-order valence-electron chi connectivity index (χ2n) is 8.26. The monoisotopic (exact) mass is 455 g/mol. The van der Waals surface area contributed by atoms with Crippen molar-refractivity contribution in [3.8, 4) is 0 Å². The van der Waals surface area contributed by atoms with Crippen molar-refractivity contribution in [2.75, 3.05) is 43.3 Å². The molecule has 6 nitrogen and oxygen atoms in total. The van der Waals surface area contributed by atoms with E-state index in [0.717, 1.165) is 25.2 Å². The van der Waals surface area contributed by atoms with Crippen LogP contribution in [0.4, 0.5) is 5.69 Å². The summed E-state index contributed by atoms with van der Waals surface area (Å²) >= 11 is 0. The minimum atomic E-state index is -3.61. The normalized spacial score (nSPS) is 16.3. The highest BCUT2D eigenvalue weighted by molar-refractivity contribution is 7.92. The number of piperazine rings is 1. The first kappa shape index (κ1) is 24.0. The highest BCUT2D eigenvalue weighted by Crippen LogP contribution is 2.24. The molecule has 1 atom stereocenters. The average Bonchev–Trinajstić information content (AvgIpc) is 2.78. The van der Waals surface area contributed by atoms with Crippen LogP contribution in [0.25, 0.3) is 6.08 Å². The van der Waals surface area contributed by atoms with Crippen LogP contribution in [0.5, 0.6) is 0 Å². The van der Waals surface area contributed by atoms with E-state index in [9.17, 15) is 13.2 Å². The number of hydrogen-bond donors (Lipinski definition) is 0. The number of rotatable bonds is 8. The van der Waals surface area contributed by atoms with Crippen LogP contribution >= 0.6 is 0 Å². The van der Waals surface area contributed by atoms with Crippen molar-refractivity contribution in [2.24, 2.45) is 0 Å². The second-order valence-corrected chi connectivity index (χ2v) is 10.1. The van der Waals surface area contributed by atoms with Gasteiger partial charge >= 0.3 is 0 Å². The van der Waals surface area contributed by atoms with E-state index in [1.807, 2.05) is 44.2 Å². The standard InChI is InChI=1S/C25H33N3O3S/c1-4-24(28(32(3,30)31)23-14-12-21(2)13-15-23)25(29)27-19-17-26(18-20-27)16-8-11-22-9-6-5-7-10-22/h5-15,24H,4,16-20H2,1-3H3/b11-8+. The second kappa shape index (κ2) is 10.8. The third-order valence-corrected chi connectivity index (χ3v) is 6.94. The molecule has 1 aliphatic rings. The summed E-state index contributed by atoms with van der Waals surface area (Å²) in [6, 6.07) is 16.7. The highest BCUT2D eigenvalue weighted by atomic mass is 32.2. The first-order chi connectivity index (χ1) is 15.3. The molecule has 0 spiro atoms. The summed E-state index contributed by atoms with van der Waals surface area (Å²) in [5.41, 5.74) is 2.74. The Kier molecular flexibility index (Phi) is 8.10. The van der Waals surface area contributed by atoms with Crippen LogP contribution < -0.4 is 4.31 Å². The van der Waals surface area contributed by atoms with Gasteiger partial charge in [-0.15, -0.1) is 0 Å². The molecule has 2 aromatic rings. The minimum absolute atomic E-state index is 0.127. The van der Waals surface area contributed by atoms with Crippen LogP contribution in [-0.2, 0) is 14.8 Å². The molecule has 1 unspecified atom stereocenters. The molecular formula is C25H33N3O3S. The van der Waals surface area contributed by atoms with Crippen molar-refractivity contribution in [3.05, 3.63) is 71.8 Å². The molecule has 0 aromatic heterocycles. The Hall–Kier alpha value is -2.64. The first-order valence-corrected chi connectivity index (χ1v) is 12.9. The number of aryl methyl sites for hydroxylation is 1. The van der Waals surface area contributed by atoms with Gasteiger partial charge < -0.3 is 4.90 Å². The molecule has 1 heterocycles. The summed E-state index contributed by atoms with van der Waals surface area (Å²) in [4.78, 5) is 17.5. The summed E-state index contributed by atoms with van der Waals surface area (Å²) < 4.78 is 26.5. The van der Waals surface area contributed by atoms with E-state index < -0.39 is 16.1 Å². The van der Waals surface area contributed by atoms with Gasteiger partial charge in [0.2, 0.25) is 15.9 Å². The molecule has 3 rings (SSSR count).